The molecule has 0 aromatic carbocycles. The molecule has 2 N–H and O–H groups in total. The van der Waals surface area contributed by atoms with Crippen LogP contribution in [-0.4, -0.2) is 54.1 Å². The van der Waals surface area contributed by atoms with Crippen LogP contribution in [-0.2, 0) is 19.5 Å². The zero-order valence-electron chi connectivity index (χ0n) is 2.16. The van der Waals surface area contributed by atoms with Gasteiger partial charge < -0.3 is 10.2 Å². The van der Waals surface area contributed by atoms with Crippen LogP contribution in [0.5, 0.6) is 0 Å². The Morgan fingerprint density at radius 2 is 1.33 bits per heavy atom. The number of hydrogen-bond donors (Lipinski definition) is 2. The summed E-state index contributed by atoms with van der Waals surface area (Å²) in [7, 11) is 0. The van der Waals surface area contributed by atoms with Crippen molar-refractivity contribution < 1.29 is 34.5 Å². The predicted molar refractivity (Wildman–Crippen MR) is 19.2 cm³/mol. The van der Waals surface area contributed by atoms with Crippen LogP contribution < -0.4 is 0 Å². The van der Waals surface area contributed by atoms with Crippen LogP contribution in [0.2, 0.25) is 0 Å². The van der Waals surface area contributed by atoms with Gasteiger partial charge in [0.15, 0.2) is 0 Å². The van der Waals surface area contributed by atoms with Gasteiger partial charge in [-0.2, -0.15) is 0 Å². The second-order valence-electron chi connectivity index (χ2n) is 0.283. The molecule has 0 atom stereocenters. The normalized spacial score (nSPS) is 4.00. The summed E-state index contributed by atoms with van der Waals surface area (Å²) >= 11 is 0. The van der Waals surface area contributed by atoms with Gasteiger partial charge in [0, 0.05) is 19.5 Å². The fraction of sp³-hybridized carbons (Fsp3) is 0. The van der Waals surface area contributed by atoms with Crippen molar-refractivity contribution >= 4 is 43.9 Å². The Balaban J connectivity index is -0.0000000450. The van der Waals surface area contributed by atoms with Crippen LogP contribution in [0.25, 0.3) is 0 Å². The zero-order chi connectivity index (χ0) is 3.58. The topological polar surface area (TPSA) is 57.5 Å². The average molecular weight is 205 g/mol. The minimum atomic E-state index is -1.83. The van der Waals surface area contributed by atoms with Gasteiger partial charge in [-0.05, 0) is 0 Å². The number of hydrogen-bond acceptors (Lipinski definition) is 1. The molecular weight excluding hydrogens is 201 g/mol. The third-order valence-corrected chi connectivity index (χ3v) is 0. The van der Waals surface area contributed by atoms with Gasteiger partial charge in [0.2, 0.25) is 0 Å². The molecule has 36 valence electrons. The summed E-state index contributed by atoms with van der Waals surface area (Å²) in [5.41, 5.74) is 0. The third kappa shape index (κ3) is 66.8. The molecule has 0 aromatic heterocycles. The molecule has 0 aliphatic carbocycles. The van der Waals surface area contributed by atoms with Crippen molar-refractivity contribution in [2.24, 2.45) is 0 Å². The quantitative estimate of drug-likeness (QED) is 0.514. The molecule has 0 fully saturated rings. The van der Waals surface area contributed by atoms with Crippen molar-refractivity contribution in [1.29, 1.82) is 0 Å². The van der Waals surface area contributed by atoms with E-state index in [-0.39, 0.29) is 57.2 Å². The summed E-state index contributed by atoms with van der Waals surface area (Å²) < 4.78 is 0. The van der Waals surface area contributed by atoms with Gasteiger partial charge in [-0.1, -0.05) is 0 Å². The van der Waals surface area contributed by atoms with Crippen molar-refractivity contribution in [1.82, 2.24) is 0 Å². The first-order chi connectivity index (χ1) is 1.73. The molecule has 0 aromatic rings. The Kier molecular flexibility index (Phi) is 24.8. The molecule has 5 heteroatoms. The molecular formula is CH4CaO3Ru. The van der Waals surface area contributed by atoms with Crippen molar-refractivity contribution in [3.63, 3.8) is 0 Å². The van der Waals surface area contributed by atoms with E-state index in [0.717, 1.165) is 0 Å². The molecule has 0 heterocycles. The number of rotatable bonds is 0. The second-order valence-corrected chi connectivity index (χ2v) is 0.283. The van der Waals surface area contributed by atoms with E-state index in [0.29, 0.717) is 0 Å². The summed E-state index contributed by atoms with van der Waals surface area (Å²) in [4.78, 5) is 8.56. The van der Waals surface area contributed by atoms with Crippen LogP contribution in [0.4, 0.5) is 4.79 Å². The van der Waals surface area contributed by atoms with E-state index in [9.17, 15) is 0 Å². The summed E-state index contributed by atoms with van der Waals surface area (Å²) in [6, 6.07) is 0. The van der Waals surface area contributed by atoms with Gasteiger partial charge in [0.1, 0.15) is 0 Å². The van der Waals surface area contributed by atoms with Gasteiger partial charge >= 0.3 is 43.9 Å². The standard InChI is InChI=1S/CH2O3.Ca.Ru.2H/c2-1(3)4;;;;/h(H2,2,3,4);;;;. The largest absolute Gasteiger partial charge is 0 e. The number of carboxylic acid groups (broad SMARTS) is 2. The van der Waals surface area contributed by atoms with Crippen molar-refractivity contribution in [3.8, 4) is 0 Å². The van der Waals surface area contributed by atoms with Crippen molar-refractivity contribution in [3.05, 3.63) is 0 Å². The van der Waals surface area contributed by atoms with E-state index in [1.54, 1.807) is 0 Å². The SMILES string of the molecule is O=C(O)O.[CaH2].[Ru]. The van der Waals surface area contributed by atoms with Gasteiger partial charge in [-0.15, -0.1) is 0 Å². The molecule has 0 aliphatic heterocycles. The molecule has 0 saturated carbocycles. The Morgan fingerprint density at radius 1 is 1.33 bits per heavy atom. The molecule has 0 bridgehead atoms. The van der Waals surface area contributed by atoms with E-state index in [1.165, 1.54) is 0 Å². The Labute approximate surface area is 77.5 Å². The molecule has 0 saturated heterocycles. The fourth-order valence-electron chi connectivity index (χ4n) is 0. The fourth-order valence-corrected chi connectivity index (χ4v) is 0. The average Bonchev–Trinajstić information content (AvgIpc) is 0.811. The third-order valence-electron chi connectivity index (χ3n) is 0. The Bertz CT molecular complexity index is 33.8. The van der Waals surface area contributed by atoms with E-state index < -0.39 is 6.16 Å². The molecule has 0 spiro atoms. The second kappa shape index (κ2) is 9.47. The monoisotopic (exact) mass is 206 g/mol. The molecule has 6 heavy (non-hydrogen) atoms. The summed E-state index contributed by atoms with van der Waals surface area (Å²) in [6.07, 6.45) is -1.83. The van der Waals surface area contributed by atoms with Crippen molar-refractivity contribution in [2.45, 2.75) is 0 Å². The van der Waals surface area contributed by atoms with Crippen LogP contribution in [0.1, 0.15) is 0 Å². The van der Waals surface area contributed by atoms with Gasteiger partial charge in [0.05, 0.1) is 0 Å². The molecule has 0 radical (unpaired) electrons. The summed E-state index contributed by atoms with van der Waals surface area (Å²) in [5, 5.41) is 13.9. The molecule has 0 rings (SSSR count). The minimum absolute atomic E-state index is 0. The number of carbonyl (C=O) groups is 1. The Hall–Kier alpha value is 1.15. The van der Waals surface area contributed by atoms with Crippen LogP contribution in [0.3, 0.4) is 0 Å². The van der Waals surface area contributed by atoms with Crippen LogP contribution in [0.15, 0.2) is 0 Å². The maximum Gasteiger partial charge on any atom is 0 e. The zero-order valence-corrected chi connectivity index (χ0v) is 3.89. The molecule has 0 aliphatic rings. The van der Waals surface area contributed by atoms with Crippen LogP contribution >= 0.6 is 0 Å². The Morgan fingerprint density at radius 3 is 1.33 bits per heavy atom. The first-order valence-corrected chi connectivity index (χ1v) is 0.651. The maximum absolute atomic E-state index is 8.56. The maximum atomic E-state index is 8.56. The van der Waals surface area contributed by atoms with E-state index >= 15 is 0 Å². The van der Waals surface area contributed by atoms with E-state index in [1.807, 2.05) is 0 Å². The van der Waals surface area contributed by atoms with Gasteiger partial charge in [0.25, 0.3) is 0 Å². The molecule has 0 amide bonds. The smallest absolute Gasteiger partial charge is 0 e. The summed E-state index contributed by atoms with van der Waals surface area (Å²) in [6.45, 7) is 0. The first kappa shape index (κ1) is 15.7. The van der Waals surface area contributed by atoms with Gasteiger partial charge in [-0.3, -0.25) is 0 Å². The molecule has 0 unspecified atom stereocenters. The minimum Gasteiger partial charge on any atom is 0 e. The van der Waals surface area contributed by atoms with E-state index in [2.05, 4.69) is 0 Å². The van der Waals surface area contributed by atoms with Crippen LogP contribution in [0, 0.1) is 0 Å². The molecule has 3 nitrogen and oxygen atoms in total. The van der Waals surface area contributed by atoms with Gasteiger partial charge in [-0.25, -0.2) is 4.79 Å². The summed E-state index contributed by atoms with van der Waals surface area (Å²) in [5.74, 6) is 0. The predicted octanol–water partition coefficient (Wildman–Crippen LogP) is -0.696. The van der Waals surface area contributed by atoms with Crippen molar-refractivity contribution in [2.75, 3.05) is 0 Å². The first-order valence-electron chi connectivity index (χ1n) is 0.651. The van der Waals surface area contributed by atoms with E-state index in [4.69, 9.17) is 15.0 Å².